The maximum Gasteiger partial charge on any atom is 0.137 e. The number of nitrogens with zero attached hydrogens (tertiary/aromatic N) is 1. The number of benzene rings is 1. The van der Waals surface area contributed by atoms with Crippen molar-refractivity contribution < 1.29 is 9.18 Å². The predicted octanol–water partition coefficient (Wildman–Crippen LogP) is 2.22. The average Bonchev–Trinajstić information content (AvgIpc) is 2.26. The summed E-state index contributed by atoms with van der Waals surface area (Å²) < 4.78 is 13.7. The number of alkyl halides is 1. The van der Waals surface area contributed by atoms with Gasteiger partial charge in [0.1, 0.15) is 12.5 Å². The van der Waals surface area contributed by atoms with Crippen LogP contribution in [0.15, 0.2) is 30.3 Å². The molecule has 0 heterocycles. The summed E-state index contributed by atoms with van der Waals surface area (Å²) in [4.78, 5) is 12.4. The van der Waals surface area contributed by atoms with Crippen molar-refractivity contribution in [3.05, 3.63) is 35.9 Å². The first-order valence-corrected chi connectivity index (χ1v) is 4.96. The molecule has 2 unspecified atom stereocenters. The second-order valence-electron chi connectivity index (χ2n) is 3.78. The zero-order valence-corrected chi connectivity index (χ0v) is 9.06. The molecular formula is C12H16FNO. The van der Waals surface area contributed by atoms with Crippen molar-refractivity contribution in [2.75, 3.05) is 14.1 Å². The van der Waals surface area contributed by atoms with E-state index in [0.29, 0.717) is 5.56 Å². The SMILES string of the molecule is CN(C)C(C=O)CC(F)c1ccccc1. The van der Waals surface area contributed by atoms with Crippen LogP contribution in [0.4, 0.5) is 4.39 Å². The molecule has 0 aliphatic rings. The van der Waals surface area contributed by atoms with Crippen LogP contribution in [-0.4, -0.2) is 31.3 Å². The molecule has 0 spiro atoms. The Hall–Kier alpha value is -1.22. The van der Waals surface area contributed by atoms with Crippen LogP contribution >= 0.6 is 0 Å². The smallest absolute Gasteiger partial charge is 0.137 e. The van der Waals surface area contributed by atoms with E-state index in [-0.39, 0.29) is 12.5 Å². The molecule has 82 valence electrons. The normalized spacial score (nSPS) is 14.9. The minimum Gasteiger partial charge on any atom is -0.302 e. The van der Waals surface area contributed by atoms with Crippen LogP contribution in [0.2, 0.25) is 0 Å². The zero-order chi connectivity index (χ0) is 11.3. The molecule has 1 aromatic rings. The van der Waals surface area contributed by atoms with Gasteiger partial charge in [-0.05, 0) is 19.7 Å². The van der Waals surface area contributed by atoms with Gasteiger partial charge in [-0.25, -0.2) is 4.39 Å². The van der Waals surface area contributed by atoms with E-state index < -0.39 is 6.17 Å². The Bertz CT molecular complexity index is 300. The Balaban J connectivity index is 2.62. The van der Waals surface area contributed by atoms with Gasteiger partial charge in [0.15, 0.2) is 0 Å². The van der Waals surface area contributed by atoms with Gasteiger partial charge in [-0.2, -0.15) is 0 Å². The molecule has 2 nitrogen and oxygen atoms in total. The lowest BCUT2D eigenvalue weighted by Gasteiger charge is -2.20. The lowest BCUT2D eigenvalue weighted by atomic mass is 10.0. The zero-order valence-electron chi connectivity index (χ0n) is 9.06. The average molecular weight is 209 g/mol. The van der Waals surface area contributed by atoms with Gasteiger partial charge in [0.05, 0.1) is 6.04 Å². The van der Waals surface area contributed by atoms with Crippen LogP contribution in [0.25, 0.3) is 0 Å². The molecular weight excluding hydrogens is 193 g/mol. The van der Waals surface area contributed by atoms with Gasteiger partial charge in [0.2, 0.25) is 0 Å². The fourth-order valence-corrected chi connectivity index (χ4v) is 1.40. The van der Waals surface area contributed by atoms with E-state index in [1.54, 1.807) is 43.3 Å². The van der Waals surface area contributed by atoms with E-state index in [1.165, 1.54) is 0 Å². The van der Waals surface area contributed by atoms with Crippen molar-refractivity contribution in [1.82, 2.24) is 4.90 Å². The Morgan fingerprint density at radius 3 is 2.40 bits per heavy atom. The molecule has 1 rings (SSSR count). The summed E-state index contributed by atoms with van der Waals surface area (Å²) in [7, 11) is 3.55. The monoisotopic (exact) mass is 209 g/mol. The summed E-state index contributed by atoms with van der Waals surface area (Å²) in [6, 6.07) is 8.56. The highest BCUT2D eigenvalue weighted by atomic mass is 19.1. The van der Waals surface area contributed by atoms with Crippen molar-refractivity contribution in [3.63, 3.8) is 0 Å². The Labute approximate surface area is 89.7 Å². The minimum atomic E-state index is -1.08. The van der Waals surface area contributed by atoms with E-state index in [0.717, 1.165) is 6.29 Å². The first-order valence-electron chi connectivity index (χ1n) is 4.96. The molecule has 0 radical (unpaired) electrons. The maximum atomic E-state index is 13.7. The van der Waals surface area contributed by atoms with E-state index in [2.05, 4.69) is 0 Å². The van der Waals surface area contributed by atoms with Gasteiger partial charge >= 0.3 is 0 Å². The van der Waals surface area contributed by atoms with Crippen molar-refractivity contribution in [1.29, 1.82) is 0 Å². The first-order chi connectivity index (χ1) is 7.15. The molecule has 0 fully saturated rings. The van der Waals surface area contributed by atoms with Crippen molar-refractivity contribution in [2.24, 2.45) is 0 Å². The highest BCUT2D eigenvalue weighted by molar-refractivity contribution is 5.57. The van der Waals surface area contributed by atoms with Crippen LogP contribution in [0, 0.1) is 0 Å². The number of carbonyl (C=O) groups is 1. The van der Waals surface area contributed by atoms with Gasteiger partial charge in [-0.1, -0.05) is 30.3 Å². The number of likely N-dealkylation sites (N-methyl/N-ethyl adjacent to an activating group) is 1. The molecule has 0 aliphatic carbocycles. The summed E-state index contributed by atoms with van der Waals surface area (Å²) in [5.74, 6) is 0. The molecule has 1 aromatic carbocycles. The van der Waals surface area contributed by atoms with E-state index in [1.807, 2.05) is 6.07 Å². The maximum absolute atomic E-state index is 13.7. The Morgan fingerprint density at radius 1 is 1.33 bits per heavy atom. The lowest BCUT2D eigenvalue weighted by Crippen LogP contribution is -2.30. The molecule has 0 saturated carbocycles. The largest absolute Gasteiger partial charge is 0.302 e. The standard InChI is InChI=1S/C12H16FNO/c1-14(2)11(9-15)8-12(13)10-6-4-3-5-7-10/h3-7,9,11-12H,8H2,1-2H3. The molecule has 0 N–H and O–H groups in total. The van der Waals surface area contributed by atoms with Gasteiger partial charge in [-0.3, -0.25) is 4.90 Å². The Morgan fingerprint density at radius 2 is 1.93 bits per heavy atom. The highest BCUT2D eigenvalue weighted by Crippen LogP contribution is 2.22. The van der Waals surface area contributed by atoms with Gasteiger partial charge < -0.3 is 4.79 Å². The summed E-state index contributed by atoms with van der Waals surface area (Å²) in [6.07, 6.45) is -0.0837. The summed E-state index contributed by atoms with van der Waals surface area (Å²) >= 11 is 0. The van der Waals surface area contributed by atoms with Gasteiger partial charge in [0.25, 0.3) is 0 Å². The van der Waals surface area contributed by atoms with Crippen LogP contribution in [0.5, 0.6) is 0 Å². The quantitative estimate of drug-likeness (QED) is 0.693. The predicted molar refractivity (Wildman–Crippen MR) is 58.4 cm³/mol. The van der Waals surface area contributed by atoms with Crippen LogP contribution in [0.3, 0.4) is 0 Å². The first kappa shape index (κ1) is 11.9. The van der Waals surface area contributed by atoms with Crippen molar-refractivity contribution >= 4 is 6.29 Å². The van der Waals surface area contributed by atoms with E-state index in [4.69, 9.17) is 0 Å². The third kappa shape index (κ3) is 3.44. The summed E-state index contributed by atoms with van der Waals surface area (Å²) in [6.45, 7) is 0. The highest BCUT2D eigenvalue weighted by Gasteiger charge is 2.18. The fraction of sp³-hybridized carbons (Fsp3) is 0.417. The van der Waals surface area contributed by atoms with Crippen LogP contribution in [0.1, 0.15) is 18.2 Å². The number of carbonyl (C=O) groups excluding carboxylic acids is 1. The van der Waals surface area contributed by atoms with Crippen LogP contribution in [-0.2, 0) is 4.79 Å². The van der Waals surface area contributed by atoms with Crippen molar-refractivity contribution in [3.8, 4) is 0 Å². The number of aldehydes is 1. The Kier molecular flexibility index (Phi) is 4.43. The molecule has 0 bridgehead atoms. The summed E-state index contributed by atoms with van der Waals surface area (Å²) in [5.41, 5.74) is 0.631. The molecule has 0 aliphatic heterocycles. The number of rotatable bonds is 5. The molecule has 15 heavy (non-hydrogen) atoms. The van der Waals surface area contributed by atoms with Gasteiger partial charge in [-0.15, -0.1) is 0 Å². The van der Waals surface area contributed by atoms with Crippen LogP contribution < -0.4 is 0 Å². The molecule has 0 amide bonds. The minimum absolute atomic E-state index is 0.209. The third-order valence-electron chi connectivity index (χ3n) is 2.43. The summed E-state index contributed by atoms with van der Waals surface area (Å²) in [5, 5.41) is 0. The van der Waals surface area contributed by atoms with Gasteiger partial charge in [0, 0.05) is 6.42 Å². The van der Waals surface area contributed by atoms with Crippen molar-refractivity contribution in [2.45, 2.75) is 18.6 Å². The molecule has 0 saturated heterocycles. The fourth-order valence-electron chi connectivity index (χ4n) is 1.40. The second kappa shape index (κ2) is 5.61. The lowest BCUT2D eigenvalue weighted by molar-refractivity contribution is -0.112. The number of hydrogen-bond acceptors (Lipinski definition) is 2. The number of hydrogen-bond donors (Lipinski definition) is 0. The van der Waals surface area contributed by atoms with E-state index in [9.17, 15) is 9.18 Å². The van der Waals surface area contributed by atoms with E-state index >= 15 is 0 Å². The topological polar surface area (TPSA) is 20.3 Å². The number of halogens is 1. The molecule has 0 aromatic heterocycles. The molecule has 2 atom stereocenters. The second-order valence-corrected chi connectivity index (χ2v) is 3.78. The third-order valence-corrected chi connectivity index (χ3v) is 2.43. The molecule has 3 heteroatoms.